The average molecular weight is 400 g/mol. The Kier molecular flexibility index (Phi) is 4.07. The van der Waals surface area contributed by atoms with Crippen molar-refractivity contribution in [1.29, 1.82) is 0 Å². The Hall–Kier alpha value is -2.97. The summed E-state index contributed by atoms with van der Waals surface area (Å²) in [6, 6.07) is 4.51. The first-order valence-electron chi connectivity index (χ1n) is 9.50. The van der Waals surface area contributed by atoms with Gasteiger partial charge in [0, 0.05) is 55.8 Å². The number of pyridine rings is 2. The summed E-state index contributed by atoms with van der Waals surface area (Å²) in [7, 11) is 0. The van der Waals surface area contributed by atoms with Gasteiger partial charge < -0.3 is 9.80 Å². The molecule has 9 heteroatoms. The Bertz CT molecular complexity index is 1040. The third-order valence-corrected chi connectivity index (χ3v) is 5.78. The molecular weight excluding hydrogens is 381 g/mol. The maximum absolute atomic E-state index is 12.8. The monoisotopic (exact) mass is 400 g/mol. The minimum Gasteiger partial charge on any atom is -0.356 e. The van der Waals surface area contributed by atoms with Crippen molar-refractivity contribution in [1.82, 2.24) is 19.9 Å². The first-order valence-corrected chi connectivity index (χ1v) is 9.50. The minimum atomic E-state index is -4.36. The van der Waals surface area contributed by atoms with Crippen molar-refractivity contribution < 1.29 is 13.2 Å². The highest BCUT2D eigenvalue weighted by atomic mass is 19.4. The second kappa shape index (κ2) is 6.53. The molecule has 0 aliphatic carbocycles. The molecule has 2 saturated heterocycles. The van der Waals surface area contributed by atoms with Crippen molar-refractivity contribution in [3.63, 3.8) is 0 Å². The molecule has 5 heterocycles. The number of halogens is 3. The second-order valence-corrected chi connectivity index (χ2v) is 7.72. The topological polar surface area (TPSA) is 58.0 Å². The number of fused-ring (bicyclic) bond motifs is 2. The molecule has 5 rings (SSSR count). The number of anilines is 2. The molecule has 2 atom stereocenters. The summed E-state index contributed by atoms with van der Waals surface area (Å²) in [4.78, 5) is 21.7. The van der Waals surface area contributed by atoms with Crippen LogP contribution < -0.4 is 9.80 Å². The molecule has 29 heavy (non-hydrogen) atoms. The van der Waals surface area contributed by atoms with Crippen LogP contribution in [0.3, 0.4) is 0 Å². The van der Waals surface area contributed by atoms with Crippen molar-refractivity contribution in [3.05, 3.63) is 48.2 Å². The highest BCUT2D eigenvalue weighted by Gasteiger charge is 2.41. The SMILES string of the molecule is Cc1nc(N2CC3CN(c4ccc(C(F)(F)F)cn4)CC3C2)c2ccncc2n1. The lowest BCUT2D eigenvalue weighted by Crippen LogP contribution is -2.30. The van der Waals surface area contributed by atoms with Crippen LogP contribution in [0.1, 0.15) is 11.4 Å². The Labute approximate surface area is 165 Å². The summed E-state index contributed by atoms with van der Waals surface area (Å²) in [5.41, 5.74) is 0.120. The van der Waals surface area contributed by atoms with Gasteiger partial charge in [0.1, 0.15) is 17.5 Å². The molecule has 3 aromatic rings. The normalized spacial score (nSPS) is 21.8. The molecule has 0 radical (unpaired) electrons. The lowest BCUT2D eigenvalue weighted by atomic mass is 10.0. The van der Waals surface area contributed by atoms with Crippen LogP contribution in [-0.4, -0.2) is 46.1 Å². The van der Waals surface area contributed by atoms with E-state index in [0.717, 1.165) is 55.2 Å². The van der Waals surface area contributed by atoms with E-state index >= 15 is 0 Å². The first-order chi connectivity index (χ1) is 13.9. The first kappa shape index (κ1) is 18.1. The van der Waals surface area contributed by atoms with Gasteiger partial charge in [-0.1, -0.05) is 0 Å². The highest BCUT2D eigenvalue weighted by molar-refractivity contribution is 5.89. The fourth-order valence-electron chi connectivity index (χ4n) is 4.41. The van der Waals surface area contributed by atoms with Crippen molar-refractivity contribution >= 4 is 22.5 Å². The zero-order valence-corrected chi connectivity index (χ0v) is 15.8. The van der Waals surface area contributed by atoms with Gasteiger partial charge >= 0.3 is 6.18 Å². The standard InChI is InChI=1S/C20H19F3N6/c1-12-26-17-7-24-5-4-16(17)19(27-12)29-10-13-8-28(9-14(13)11-29)18-3-2-15(6-25-18)20(21,22)23/h2-7,13-14H,8-11H2,1H3. The molecule has 6 nitrogen and oxygen atoms in total. The van der Waals surface area contributed by atoms with E-state index in [1.807, 2.05) is 13.0 Å². The van der Waals surface area contributed by atoms with Gasteiger partial charge in [-0.25, -0.2) is 15.0 Å². The summed E-state index contributed by atoms with van der Waals surface area (Å²) in [6.07, 6.45) is 0.0585. The lowest BCUT2D eigenvalue weighted by Gasteiger charge is -2.24. The van der Waals surface area contributed by atoms with Crippen LogP contribution >= 0.6 is 0 Å². The molecular formula is C20H19F3N6. The minimum absolute atomic E-state index is 0.422. The number of alkyl halides is 3. The lowest BCUT2D eigenvalue weighted by molar-refractivity contribution is -0.137. The molecule has 0 aromatic carbocycles. The maximum Gasteiger partial charge on any atom is 0.417 e. The van der Waals surface area contributed by atoms with Crippen LogP contribution in [0.5, 0.6) is 0 Å². The molecule has 150 valence electrons. The van der Waals surface area contributed by atoms with Gasteiger partial charge in [-0.05, 0) is 25.1 Å². The van der Waals surface area contributed by atoms with Gasteiger partial charge in [0.05, 0.1) is 17.3 Å². The highest BCUT2D eigenvalue weighted by Crippen LogP contribution is 2.37. The van der Waals surface area contributed by atoms with Crippen molar-refractivity contribution in [2.24, 2.45) is 11.8 Å². The van der Waals surface area contributed by atoms with Crippen LogP contribution in [0, 0.1) is 18.8 Å². The summed E-state index contributed by atoms with van der Waals surface area (Å²) < 4.78 is 38.3. The van der Waals surface area contributed by atoms with Crippen molar-refractivity contribution in [2.75, 3.05) is 36.0 Å². The van der Waals surface area contributed by atoms with E-state index in [2.05, 4.69) is 29.7 Å². The fourth-order valence-corrected chi connectivity index (χ4v) is 4.41. The summed E-state index contributed by atoms with van der Waals surface area (Å²) in [5, 5.41) is 0.992. The molecule has 0 bridgehead atoms. The molecule has 2 unspecified atom stereocenters. The van der Waals surface area contributed by atoms with E-state index < -0.39 is 11.7 Å². The number of aromatic nitrogens is 4. The van der Waals surface area contributed by atoms with Gasteiger partial charge in [0.2, 0.25) is 0 Å². The van der Waals surface area contributed by atoms with Crippen LogP contribution in [0.15, 0.2) is 36.8 Å². The Morgan fingerprint density at radius 3 is 2.31 bits per heavy atom. The zero-order chi connectivity index (χ0) is 20.2. The van der Waals surface area contributed by atoms with E-state index in [-0.39, 0.29) is 0 Å². The van der Waals surface area contributed by atoms with Crippen molar-refractivity contribution in [2.45, 2.75) is 13.1 Å². The Balaban J connectivity index is 1.33. The number of aryl methyl sites for hydroxylation is 1. The van der Waals surface area contributed by atoms with Gasteiger partial charge in [0.15, 0.2) is 0 Å². The number of rotatable bonds is 2. The van der Waals surface area contributed by atoms with Gasteiger partial charge in [-0.15, -0.1) is 0 Å². The van der Waals surface area contributed by atoms with Gasteiger partial charge in [-0.3, -0.25) is 4.98 Å². The quantitative estimate of drug-likeness (QED) is 0.658. The molecule has 0 spiro atoms. The van der Waals surface area contributed by atoms with E-state index in [4.69, 9.17) is 0 Å². The smallest absolute Gasteiger partial charge is 0.356 e. The van der Waals surface area contributed by atoms with Crippen LogP contribution in [0.4, 0.5) is 24.8 Å². The van der Waals surface area contributed by atoms with Crippen LogP contribution in [0.2, 0.25) is 0 Å². The number of hydrogen-bond donors (Lipinski definition) is 0. The molecule has 0 N–H and O–H groups in total. The van der Waals surface area contributed by atoms with E-state index in [9.17, 15) is 13.2 Å². The van der Waals surface area contributed by atoms with Crippen molar-refractivity contribution in [3.8, 4) is 0 Å². The fraction of sp³-hybridized carbons (Fsp3) is 0.400. The summed E-state index contributed by atoms with van der Waals surface area (Å²) >= 11 is 0. The van der Waals surface area contributed by atoms with Gasteiger partial charge in [0.25, 0.3) is 0 Å². The second-order valence-electron chi connectivity index (χ2n) is 7.72. The van der Waals surface area contributed by atoms with Gasteiger partial charge in [-0.2, -0.15) is 13.2 Å². The Morgan fingerprint density at radius 1 is 0.931 bits per heavy atom. The predicted molar refractivity (Wildman–Crippen MR) is 103 cm³/mol. The summed E-state index contributed by atoms with van der Waals surface area (Å²) in [6.45, 7) is 5.16. The van der Waals surface area contributed by atoms with E-state index in [0.29, 0.717) is 23.5 Å². The third kappa shape index (κ3) is 3.24. The molecule has 0 amide bonds. The third-order valence-electron chi connectivity index (χ3n) is 5.78. The molecule has 2 aliphatic heterocycles. The maximum atomic E-state index is 12.8. The van der Waals surface area contributed by atoms with Crippen LogP contribution in [0.25, 0.3) is 10.9 Å². The average Bonchev–Trinajstić information content (AvgIpc) is 3.26. The molecule has 2 fully saturated rings. The van der Waals surface area contributed by atoms with Crippen LogP contribution in [-0.2, 0) is 6.18 Å². The molecule has 0 saturated carbocycles. The largest absolute Gasteiger partial charge is 0.417 e. The van der Waals surface area contributed by atoms with E-state index in [1.165, 1.54) is 6.07 Å². The zero-order valence-electron chi connectivity index (χ0n) is 15.8. The molecule has 2 aliphatic rings. The molecule has 3 aromatic heterocycles. The summed E-state index contributed by atoms with van der Waals surface area (Å²) in [5.74, 6) is 3.10. The Morgan fingerprint density at radius 2 is 1.66 bits per heavy atom. The number of nitrogens with zero attached hydrogens (tertiary/aromatic N) is 6. The van der Waals surface area contributed by atoms with E-state index in [1.54, 1.807) is 12.4 Å². The predicted octanol–water partition coefficient (Wildman–Crippen LogP) is 3.32. The number of hydrogen-bond acceptors (Lipinski definition) is 6.